The number of anilines is 1. The molecule has 1 aliphatic rings. The summed E-state index contributed by atoms with van der Waals surface area (Å²) >= 11 is 3.20. The molecule has 0 aromatic carbocycles. The van der Waals surface area contributed by atoms with Crippen LogP contribution in [0.2, 0.25) is 0 Å². The Morgan fingerprint density at radius 1 is 1.56 bits per heavy atom. The molecule has 1 unspecified atom stereocenters. The number of sulfone groups is 1. The standard InChI is InChI=1S/C10H12BrN3O3S/c11-6-3-8(9(12)13-4-6)10(15)14-7-1-2-18(16,17)5-7/h3-4,7H,1-2,5H2,(H2,12,13)(H,14,15). The molecule has 1 amide bonds. The van der Waals surface area contributed by atoms with Gasteiger partial charge in [-0.25, -0.2) is 13.4 Å². The van der Waals surface area contributed by atoms with Gasteiger partial charge >= 0.3 is 0 Å². The molecule has 0 spiro atoms. The van der Waals surface area contributed by atoms with Crippen molar-refractivity contribution in [1.29, 1.82) is 0 Å². The number of carbonyl (C=O) groups excluding carboxylic acids is 1. The van der Waals surface area contributed by atoms with Crippen molar-refractivity contribution >= 4 is 37.5 Å². The van der Waals surface area contributed by atoms with Crippen LogP contribution in [-0.2, 0) is 9.84 Å². The lowest BCUT2D eigenvalue weighted by molar-refractivity contribution is 0.0941. The Kier molecular flexibility index (Phi) is 3.58. The summed E-state index contributed by atoms with van der Waals surface area (Å²) in [4.78, 5) is 15.8. The summed E-state index contributed by atoms with van der Waals surface area (Å²) < 4.78 is 23.2. The van der Waals surface area contributed by atoms with Crippen LogP contribution in [0.4, 0.5) is 5.82 Å². The third-order valence-electron chi connectivity index (χ3n) is 2.70. The van der Waals surface area contributed by atoms with E-state index in [-0.39, 0.29) is 28.9 Å². The van der Waals surface area contributed by atoms with Crippen LogP contribution in [0.1, 0.15) is 16.8 Å². The van der Waals surface area contributed by atoms with Gasteiger partial charge in [0.25, 0.3) is 5.91 Å². The van der Waals surface area contributed by atoms with Gasteiger partial charge in [0.05, 0.1) is 17.1 Å². The molecule has 1 aromatic heterocycles. The third kappa shape index (κ3) is 2.99. The molecule has 98 valence electrons. The van der Waals surface area contributed by atoms with Gasteiger partial charge in [0.15, 0.2) is 9.84 Å². The largest absolute Gasteiger partial charge is 0.383 e. The molecule has 0 saturated carbocycles. The van der Waals surface area contributed by atoms with Crippen LogP contribution in [0.15, 0.2) is 16.7 Å². The fourth-order valence-electron chi connectivity index (χ4n) is 1.80. The van der Waals surface area contributed by atoms with Crippen LogP contribution in [0.3, 0.4) is 0 Å². The molecule has 0 bridgehead atoms. The first-order valence-electron chi connectivity index (χ1n) is 5.30. The zero-order valence-corrected chi connectivity index (χ0v) is 11.8. The Hall–Kier alpha value is -1.15. The summed E-state index contributed by atoms with van der Waals surface area (Å²) in [5, 5.41) is 2.66. The first-order chi connectivity index (χ1) is 8.37. The second kappa shape index (κ2) is 4.85. The molecule has 1 atom stereocenters. The minimum Gasteiger partial charge on any atom is -0.383 e. The number of rotatable bonds is 2. The topological polar surface area (TPSA) is 102 Å². The summed E-state index contributed by atoms with van der Waals surface area (Å²) in [7, 11) is -3.01. The predicted octanol–water partition coefficient (Wildman–Crippen LogP) is 0.343. The molecule has 3 N–H and O–H groups in total. The van der Waals surface area contributed by atoms with E-state index in [1.54, 1.807) is 6.07 Å². The molecule has 18 heavy (non-hydrogen) atoms. The molecule has 8 heteroatoms. The van der Waals surface area contributed by atoms with E-state index in [2.05, 4.69) is 26.2 Å². The fraction of sp³-hybridized carbons (Fsp3) is 0.400. The van der Waals surface area contributed by atoms with E-state index in [1.807, 2.05) is 0 Å². The number of nitrogens with one attached hydrogen (secondary N) is 1. The molecule has 0 radical (unpaired) electrons. The summed E-state index contributed by atoms with van der Waals surface area (Å²) in [5.74, 6) is -0.176. The van der Waals surface area contributed by atoms with Crippen molar-refractivity contribution in [3.8, 4) is 0 Å². The monoisotopic (exact) mass is 333 g/mol. The minimum absolute atomic E-state index is 0.0138. The molecule has 1 aliphatic heterocycles. The molecule has 1 saturated heterocycles. The molecule has 1 aromatic rings. The highest BCUT2D eigenvalue weighted by Gasteiger charge is 2.29. The number of carbonyl (C=O) groups is 1. The Labute approximate surface area is 113 Å². The van der Waals surface area contributed by atoms with Crippen molar-refractivity contribution in [2.45, 2.75) is 12.5 Å². The number of nitrogen functional groups attached to an aromatic ring is 1. The molecular weight excluding hydrogens is 322 g/mol. The van der Waals surface area contributed by atoms with E-state index in [0.29, 0.717) is 10.9 Å². The van der Waals surface area contributed by atoms with Gasteiger partial charge < -0.3 is 11.1 Å². The first kappa shape index (κ1) is 13.3. The lowest BCUT2D eigenvalue weighted by Gasteiger charge is -2.11. The second-order valence-electron chi connectivity index (χ2n) is 4.16. The maximum absolute atomic E-state index is 11.9. The zero-order valence-electron chi connectivity index (χ0n) is 9.39. The Balaban J connectivity index is 2.11. The van der Waals surface area contributed by atoms with E-state index >= 15 is 0 Å². The van der Waals surface area contributed by atoms with Crippen molar-refractivity contribution in [2.75, 3.05) is 17.2 Å². The van der Waals surface area contributed by atoms with Crippen LogP contribution in [0, 0.1) is 0 Å². The number of pyridine rings is 1. The van der Waals surface area contributed by atoms with Gasteiger partial charge in [-0.1, -0.05) is 0 Å². The Morgan fingerprint density at radius 3 is 2.89 bits per heavy atom. The number of nitrogens with two attached hydrogens (primary N) is 1. The quantitative estimate of drug-likeness (QED) is 0.812. The molecule has 1 fully saturated rings. The summed E-state index contributed by atoms with van der Waals surface area (Å²) in [5.41, 5.74) is 5.85. The number of halogens is 1. The highest BCUT2D eigenvalue weighted by Crippen LogP contribution is 2.17. The molecule has 6 nitrogen and oxygen atoms in total. The van der Waals surface area contributed by atoms with Gasteiger partial charge in [-0.05, 0) is 28.4 Å². The number of hydrogen-bond acceptors (Lipinski definition) is 5. The van der Waals surface area contributed by atoms with Gasteiger partial charge in [0.2, 0.25) is 0 Å². The molecule has 2 rings (SSSR count). The maximum atomic E-state index is 11.9. The number of hydrogen-bond donors (Lipinski definition) is 2. The van der Waals surface area contributed by atoms with E-state index in [9.17, 15) is 13.2 Å². The van der Waals surface area contributed by atoms with Crippen LogP contribution in [0.5, 0.6) is 0 Å². The molecular formula is C10H12BrN3O3S. The average molecular weight is 334 g/mol. The van der Waals surface area contributed by atoms with Crippen LogP contribution < -0.4 is 11.1 Å². The van der Waals surface area contributed by atoms with Crippen molar-refractivity contribution in [3.63, 3.8) is 0 Å². The summed E-state index contributed by atoms with van der Waals surface area (Å²) in [6.45, 7) is 0. The van der Waals surface area contributed by atoms with Gasteiger partial charge in [-0.15, -0.1) is 0 Å². The smallest absolute Gasteiger partial charge is 0.255 e. The van der Waals surface area contributed by atoms with E-state index < -0.39 is 15.7 Å². The van der Waals surface area contributed by atoms with Gasteiger partial charge in [-0.2, -0.15) is 0 Å². The third-order valence-corrected chi connectivity index (χ3v) is 4.90. The zero-order chi connectivity index (χ0) is 13.3. The fourth-order valence-corrected chi connectivity index (χ4v) is 3.81. The molecule has 0 aliphatic carbocycles. The van der Waals surface area contributed by atoms with Crippen molar-refractivity contribution < 1.29 is 13.2 Å². The normalized spacial score (nSPS) is 21.7. The van der Waals surface area contributed by atoms with Crippen LogP contribution in [-0.4, -0.2) is 36.9 Å². The highest BCUT2D eigenvalue weighted by molar-refractivity contribution is 9.10. The minimum atomic E-state index is -3.01. The van der Waals surface area contributed by atoms with E-state index in [4.69, 9.17) is 5.73 Å². The Morgan fingerprint density at radius 2 is 2.28 bits per heavy atom. The Bertz CT molecular complexity index is 588. The number of amides is 1. The average Bonchev–Trinajstić information content (AvgIpc) is 2.61. The first-order valence-corrected chi connectivity index (χ1v) is 7.91. The van der Waals surface area contributed by atoms with Crippen LogP contribution in [0.25, 0.3) is 0 Å². The lowest BCUT2D eigenvalue weighted by Crippen LogP contribution is -2.36. The van der Waals surface area contributed by atoms with Crippen molar-refractivity contribution in [1.82, 2.24) is 10.3 Å². The summed E-state index contributed by atoms with van der Waals surface area (Å²) in [6, 6.07) is 1.21. The van der Waals surface area contributed by atoms with E-state index in [1.165, 1.54) is 6.20 Å². The highest BCUT2D eigenvalue weighted by atomic mass is 79.9. The van der Waals surface area contributed by atoms with Gasteiger partial charge in [0, 0.05) is 16.7 Å². The SMILES string of the molecule is Nc1ncc(Br)cc1C(=O)NC1CCS(=O)(=O)C1. The second-order valence-corrected chi connectivity index (χ2v) is 7.30. The van der Waals surface area contributed by atoms with Gasteiger partial charge in [0.1, 0.15) is 5.82 Å². The van der Waals surface area contributed by atoms with Gasteiger partial charge in [-0.3, -0.25) is 4.79 Å². The predicted molar refractivity (Wildman–Crippen MR) is 70.9 cm³/mol. The van der Waals surface area contributed by atoms with E-state index in [0.717, 1.165) is 0 Å². The van der Waals surface area contributed by atoms with Crippen LogP contribution >= 0.6 is 15.9 Å². The maximum Gasteiger partial charge on any atom is 0.255 e. The van der Waals surface area contributed by atoms with Crippen molar-refractivity contribution in [2.24, 2.45) is 0 Å². The lowest BCUT2D eigenvalue weighted by atomic mass is 10.2. The summed E-state index contributed by atoms with van der Waals surface area (Å²) in [6.07, 6.45) is 1.93. The number of nitrogens with zero attached hydrogens (tertiary/aromatic N) is 1. The number of aromatic nitrogens is 1. The molecule has 2 heterocycles. The van der Waals surface area contributed by atoms with Crippen molar-refractivity contribution in [3.05, 3.63) is 22.3 Å².